The van der Waals surface area contributed by atoms with E-state index >= 15 is 0 Å². The molecule has 9 heteroatoms. The first kappa shape index (κ1) is 17.3. The van der Waals surface area contributed by atoms with Crippen molar-refractivity contribution in [2.75, 3.05) is 10.8 Å². The van der Waals surface area contributed by atoms with E-state index in [4.69, 9.17) is 0 Å². The number of nitro groups is 2. The van der Waals surface area contributed by atoms with Crippen LogP contribution in [0.1, 0.15) is 32.1 Å². The Morgan fingerprint density at radius 3 is 2.48 bits per heavy atom. The summed E-state index contributed by atoms with van der Waals surface area (Å²) in [4.78, 5) is 20.5. The Hall–Kier alpha value is -2.03. The fraction of sp³-hybridized carbons (Fsp3) is 0.500. The number of anilines is 1. The van der Waals surface area contributed by atoms with Crippen molar-refractivity contribution in [2.45, 2.75) is 32.1 Å². The van der Waals surface area contributed by atoms with Gasteiger partial charge in [0.15, 0.2) is 0 Å². The van der Waals surface area contributed by atoms with Crippen LogP contribution in [0, 0.1) is 26.1 Å². The normalized spacial score (nSPS) is 17.6. The van der Waals surface area contributed by atoms with E-state index in [1.165, 1.54) is 12.1 Å². The van der Waals surface area contributed by atoms with Crippen molar-refractivity contribution < 1.29 is 9.85 Å². The summed E-state index contributed by atoms with van der Waals surface area (Å²) in [5, 5.41) is 27.0. The van der Waals surface area contributed by atoms with E-state index in [0.29, 0.717) is 5.92 Å². The van der Waals surface area contributed by atoms with Crippen LogP contribution in [0.3, 0.4) is 0 Å². The number of alkyl halides is 1. The molecular formula is C14H17BrN4O4. The summed E-state index contributed by atoms with van der Waals surface area (Å²) in [7, 11) is 0. The van der Waals surface area contributed by atoms with Gasteiger partial charge >= 0.3 is 5.69 Å². The fourth-order valence-electron chi connectivity index (χ4n) is 2.58. The second-order valence-corrected chi connectivity index (χ2v) is 6.22. The van der Waals surface area contributed by atoms with E-state index in [1.807, 2.05) is 0 Å². The van der Waals surface area contributed by atoms with Crippen molar-refractivity contribution in [2.24, 2.45) is 11.0 Å². The summed E-state index contributed by atoms with van der Waals surface area (Å²) >= 11 is 3.44. The van der Waals surface area contributed by atoms with Crippen molar-refractivity contribution in [1.82, 2.24) is 0 Å². The average molecular weight is 385 g/mol. The largest absolute Gasteiger partial charge is 0.301 e. The van der Waals surface area contributed by atoms with Crippen LogP contribution in [-0.2, 0) is 0 Å². The lowest BCUT2D eigenvalue weighted by atomic mass is 9.86. The van der Waals surface area contributed by atoms with E-state index in [2.05, 4.69) is 26.5 Å². The maximum absolute atomic E-state index is 11.1. The highest BCUT2D eigenvalue weighted by Gasteiger charge is 2.20. The summed E-state index contributed by atoms with van der Waals surface area (Å²) in [6.45, 7) is 0. The Bertz CT molecular complexity index is 625. The summed E-state index contributed by atoms with van der Waals surface area (Å²) in [5.74, 6) is 0.696. The molecule has 8 nitrogen and oxygen atoms in total. The molecule has 0 saturated heterocycles. The van der Waals surface area contributed by atoms with Crippen molar-refractivity contribution >= 4 is 38.7 Å². The van der Waals surface area contributed by atoms with Gasteiger partial charge in [0.05, 0.1) is 15.9 Å². The maximum atomic E-state index is 11.1. The lowest BCUT2D eigenvalue weighted by molar-refractivity contribution is -0.393. The summed E-state index contributed by atoms with van der Waals surface area (Å²) in [6.07, 6.45) is 5.01. The van der Waals surface area contributed by atoms with E-state index in [0.717, 1.165) is 49.2 Å². The Kier molecular flexibility index (Phi) is 6.03. The monoisotopic (exact) mass is 384 g/mol. The molecule has 2 rings (SSSR count). The highest BCUT2D eigenvalue weighted by atomic mass is 79.9. The summed E-state index contributed by atoms with van der Waals surface area (Å²) in [5.41, 5.74) is 3.16. The SMILES string of the molecule is O=[N+]([O-])c1ccc(NN=C2CCC(CCBr)CC2)c([N+](=O)[O-])c1. The summed E-state index contributed by atoms with van der Waals surface area (Å²) in [6, 6.07) is 3.48. The van der Waals surface area contributed by atoms with E-state index < -0.39 is 9.85 Å². The van der Waals surface area contributed by atoms with Gasteiger partial charge < -0.3 is 0 Å². The number of nitro benzene ring substituents is 2. The Morgan fingerprint density at radius 1 is 1.22 bits per heavy atom. The third-order valence-corrected chi connectivity index (χ3v) is 4.38. The molecule has 0 heterocycles. The van der Waals surface area contributed by atoms with Crippen LogP contribution in [0.25, 0.3) is 0 Å². The molecule has 1 saturated carbocycles. The quantitative estimate of drug-likeness (QED) is 0.447. The van der Waals surface area contributed by atoms with E-state index in [9.17, 15) is 20.2 Å². The van der Waals surface area contributed by atoms with Gasteiger partial charge in [0.1, 0.15) is 5.69 Å². The predicted octanol–water partition coefficient (Wildman–Crippen LogP) is 4.25. The van der Waals surface area contributed by atoms with Crippen molar-refractivity contribution in [3.8, 4) is 0 Å². The molecular weight excluding hydrogens is 368 g/mol. The van der Waals surface area contributed by atoms with Crippen LogP contribution in [0.15, 0.2) is 23.3 Å². The van der Waals surface area contributed by atoms with Crippen LogP contribution in [0.2, 0.25) is 0 Å². The van der Waals surface area contributed by atoms with Gasteiger partial charge in [0.2, 0.25) is 0 Å². The first-order valence-electron chi connectivity index (χ1n) is 7.31. The maximum Gasteiger partial charge on any atom is 0.301 e. The Labute approximate surface area is 141 Å². The molecule has 0 radical (unpaired) electrons. The molecule has 0 spiro atoms. The van der Waals surface area contributed by atoms with Gasteiger partial charge in [-0.2, -0.15) is 5.10 Å². The molecule has 23 heavy (non-hydrogen) atoms. The zero-order chi connectivity index (χ0) is 16.8. The molecule has 1 aliphatic rings. The number of non-ortho nitro benzene ring substituents is 1. The predicted molar refractivity (Wildman–Crippen MR) is 91.2 cm³/mol. The molecule has 1 N–H and O–H groups in total. The highest BCUT2D eigenvalue weighted by molar-refractivity contribution is 9.09. The van der Waals surface area contributed by atoms with Crippen molar-refractivity contribution in [3.05, 3.63) is 38.4 Å². The second kappa shape index (κ2) is 8.00. The number of nitrogens with zero attached hydrogens (tertiary/aromatic N) is 3. The van der Waals surface area contributed by atoms with E-state index in [-0.39, 0.29) is 17.1 Å². The summed E-state index contributed by atoms with van der Waals surface area (Å²) < 4.78 is 0. The fourth-order valence-corrected chi connectivity index (χ4v) is 3.23. The molecule has 124 valence electrons. The smallest absolute Gasteiger partial charge is 0.272 e. The molecule has 0 amide bonds. The number of hydrogen-bond donors (Lipinski definition) is 1. The second-order valence-electron chi connectivity index (χ2n) is 5.43. The molecule has 1 fully saturated rings. The van der Waals surface area contributed by atoms with Gasteiger partial charge in [-0.05, 0) is 44.1 Å². The zero-order valence-corrected chi connectivity index (χ0v) is 14.0. The number of halogens is 1. The first-order valence-corrected chi connectivity index (χ1v) is 8.43. The van der Waals surface area contributed by atoms with Crippen molar-refractivity contribution in [3.63, 3.8) is 0 Å². The van der Waals surface area contributed by atoms with Crippen LogP contribution >= 0.6 is 15.9 Å². The Balaban J connectivity index is 2.07. The molecule has 1 aromatic rings. The highest BCUT2D eigenvalue weighted by Crippen LogP contribution is 2.30. The lowest BCUT2D eigenvalue weighted by Crippen LogP contribution is -2.15. The first-order chi connectivity index (χ1) is 11.0. The lowest BCUT2D eigenvalue weighted by Gasteiger charge is -2.22. The molecule has 0 aliphatic heterocycles. The van der Waals surface area contributed by atoms with Crippen LogP contribution < -0.4 is 5.43 Å². The number of nitrogens with one attached hydrogen (secondary N) is 1. The molecule has 1 aromatic carbocycles. The molecule has 0 atom stereocenters. The number of hydrogen-bond acceptors (Lipinski definition) is 6. The van der Waals surface area contributed by atoms with Gasteiger partial charge in [-0.15, -0.1) is 0 Å². The third-order valence-electron chi connectivity index (χ3n) is 3.92. The average Bonchev–Trinajstić information content (AvgIpc) is 2.54. The van der Waals surface area contributed by atoms with Gasteiger partial charge in [0, 0.05) is 17.1 Å². The molecule has 0 unspecified atom stereocenters. The zero-order valence-electron chi connectivity index (χ0n) is 12.4. The number of hydrazone groups is 1. The van der Waals surface area contributed by atoms with Crippen LogP contribution in [0.5, 0.6) is 0 Å². The molecule has 1 aliphatic carbocycles. The topological polar surface area (TPSA) is 111 Å². The Morgan fingerprint density at radius 2 is 1.91 bits per heavy atom. The number of rotatable bonds is 6. The van der Waals surface area contributed by atoms with Gasteiger partial charge in [-0.1, -0.05) is 15.9 Å². The molecule has 0 bridgehead atoms. The van der Waals surface area contributed by atoms with Gasteiger partial charge in [-0.25, -0.2) is 0 Å². The van der Waals surface area contributed by atoms with Crippen LogP contribution in [0.4, 0.5) is 17.1 Å². The minimum absolute atomic E-state index is 0.163. The number of benzene rings is 1. The van der Waals surface area contributed by atoms with Crippen molar-refractivity contribution in [1.29, 1.82) is 0 Å². The minimum Gasteiger partial charge on any atom is -0.272 e. The van der Waals surface area contributed by atoms with Crippen LogP contribution in [-0.4, -0.2) is 20.9 Å². The van der Waals surface area contributed by atoms with Gasteiger partial charge in [-0.3, -0.25) is 25.7 Å². The van der Waals surface area contributed by atoms with Gasteiger partial charge in [0.25, 0.3) is 5.69 Å². The van der Waals surface area contributed by atoms with E-state index in [1.54, 1.807) is 0 Å². The standard InChI is InChI=1S/C14H17BrN4O4/c15-8-7-10-1-3-11(4-2-10)16-17-13-6-5-12(18(20)21)9-14(13)19(22)23/h5-6,9-10,17H,1-4,7-8H2. The molecule has 0 aromatic heterocycles. The minimum atomic E-state index is -0.659. The third kappa shape index (κ3) is 4.72.